The maximum Gasteiger partial charge on any atom is 0.322 e. The third-order valence-electron chi connectivity index (χ3n) is 3.04. The zero-order chi connectivity index (χ0) is 14.1. The number of hydrogen-bond donors (Lipinski definition) is 1. The van der Waals surface area contributed by atoms with Crippen molar-refractivity contribution in [3.8, 4) is 0 Å². The van der Waals surface area contributed by atoms with Crippen LogP contribution in [0, 0.1) is 0 Å². The van der Waals surface area contributed by atoms with Crippen molar-refractivity contribution < 1.29 is 4.79 Å². The van der Waals surface area contributed by atoms with E-state index in [4.69, 9.17) is 23.2 Å². The first-order chi connectivity index (χ1) is 9.63. The van der Waals surface area contributed by atoms with Crippen LogP contribution in [0.5, 0.6) is 0 Å². The van der Waals surface area contributed by atoms with Gasteiger partial charge in [-0.25, -0.2) is 14.8 Å². The first-order valence-corrected chi connectivity index (χ1v) is 6.68. The van der Waals surface area contributed by atoms with E-state index in [9.17, 15) is 4.79 Å². The highest BCUT2D eigenvalue weighted by atomic mass is 35.5. The Kier molecular flexibility index (Phi) is 3.46. The molecule has 1 aromatic carbocycles. The number of benzene rings is 1. The van der Waals surface area contributed by atoms with Crippen molar-refractivity contribution in [3.63, 3.8) is 0 Å². The van der Waals surface area contributed by atoms with Crippen LogP contribution in [-0.4, -0.2) is 20.9 Å². The van der Waals surface area contributed by atoms with Crippen molar-refractivity contribution in [2.75, 3.05) is 5.32 Å². The highest BCUT2D eigenvalue weighted by molar-refractivity contribution is 6.42. The van der Waals surface area contributed by atoms with E-state index >= 15 is 0 Å². The smallest absolute Gasteiger partial charge is 0.314 e. The van der Waals surface area contributed by atoms with Gasteiger partial charge in [0.25, 0.3) is 0 Å². The summed E-state index contributed by atoms with van der Waals surface area (Å²) < 4.78 is 0. The molecule has 20 heavy (non-hydrogen) atoms. The van der Waals surface area contributed by atoms with Crippen LogP contribution in [0.25, 0.3) is 0 Å². The minimum absolute atomic E-state index is 0.207. The van der Waals surface area contributed by atoms with Gasteiger partial charge in [0.2, 0.25) is 0 Å². The number of carbonyl (C=O) groups is 1. The Bertz CT molecular complexity index is 652. The minimum Gasteiger partial charge on any atom is -0.314 e. The number of nitrogens with one attached hydrogen (secondary N) is 1. The van der Waals surface area contributed by atoms with Gasteiger partial charge < -0.3 is 10.2 Å². The van der Waals surface area contributed by atoms with Crippen molar-refractivity contribution in [2.24, 2.45) is 0 Å². The van der Waals surface area contributed by atoms with E-state index in [1.54, 1.807) is 29.3 Å². The summed E-state index contributed by atoms with van der Waals surface area (Å²) in [5, 5.41) is 3.64. The molecular formula is C13H10Cl2N4O. The van der Waals surface area contributed by atoms with E-state index in [0.29, 0.717) is 28.8 Å². The average Bonchev–Trinajstić information content (AvgIpc) is 2.87. The standard InChI is InChI=1S/C13H10Cl2N4O/c14-10-2-1-9(3-11(10)15)18-13(20)19-5-8-4-16-7-17-12(8)6-19/h1-4,7H,5-6H2,(H,18,20). The van der Waals surface area contributed by atoms with Gasteiger partial charge in [-0.15, -0.1) is 0 Å². The Labute approximate surface area is 125 Å². The summed E-state index contributed by atoms with van der Waals surface area (Å²) in [7, 11) is 0. The molecule has 7 heteroatoms. The summed E-state index contributed by atoms with van der Waals surface area (Å²) in [5.74, 6) is 0. The fourth-order valence-corrected chi connectivity index (χ4v) is 2.32. The SMILES string of the molecule is O=C(Nc1ccc(Cl)c(Cl)c1)N1Cc2cncnc2C1. The monoisotopic (exact) mass is 308 g/mol. The topological polar surface area (TPSA) is 58.1 Å². The van der Waals surface area contributed by atoms with E-state index in [1.807, 2.05) is 0 Å². The van der Waals surface area contributed by atoms with Crippen molar-refractivity contribution in [3.05, 3.63) is 52.0 Å². The van der Waals surface area contributed by atoms with Crippen molar-refractivity contribution in [2.45, 2.75) is 13.1 Å². The minimum atomic E-state index is -0.207. The molecule has 102 valence electrons. The highest BCUT2D eigenvalue weighted by Gasteiger charge is 2.24. The Balaban J connectivity index is 1.71. The number of hydrogen-bond acceptors (Lipinski definition) is 3. The molecule has 0 radical (unpaired) electrons. The van der Waals surface area contributed by atoms with Crippen LogP contribution in [0.2, 0.25) is 10.0 Å². The van der Waals surface area contributed by atoms with Crippen LogP contribution in [0.4, 0.5) is 10.5 Å². The average molecular weight is 309 g/mol. The summed E-state index contributed by atoms with van der Waals surface area (Å²) in [4.78, 5) is 21.9. The molecule has 2 heterocycles. The Morgan fingerprint density at radius 3 is 2.85 bits per heavy atom. The predicted octanol–water partition coefficient (Wildman–Crippen LogP) is 3.33. The zero-order valence-electron chi connectivity index (χ0n) is 10.3. The van der Waals surface area contributed by atoms with Crippen LogP contribution in [-0.2, 0) is 13.1 Å². The molecule has 5 nitrogen and oxygen atoms in total. The lowest BCUT2D eigenvalue weighted by molar-refractivity contribution is 0.212. The second kappa shape index (κ2) is 5.26. The van der Waals surface area contributed by atoms with Gasteiger partial charge in [0.1, 0.15) is 6.33 Å². The fourth-order valence-electron chi connectivity index (χ4n) is 2.02. The van der Waals surface area contributed by atoms with E-state index in [1.165, 1.54) is 6.33 Å². The third kappa shape index (κ3) is 2.55. The summed E-state index contributed by atoms with van der Waals surface area (Å²) >= 11 is 11.7. The zero-order valence-corrected chi connectivity index (χ0v) is 11.8. The number of halogens is 2. The second-order valence-electron chi connectivity index (χ2n) is 4.41. The lowest BCUT2D eigenvalue weighted by Gasteiger charge is -2.16. The summed E-state index contributed by atoms with van der Waals surface area (Å²) in [6.07, 6.45) is 3.22. The molecule has 1 aliphatic rings. The molecule has 1 aliphatic heterocycles. The van der Waals surface area contributed by atoms with Crippen molar-refractivity contribution in [1.82, 2.24) is 14.9 Å². The number of nitrogens with zero attached hydrogens (tertiary/aromatic N) is 3. The van der Waals surface area contributed by atoms with Crippen LogP contribution < -0.4 is 5.32 Å². The van der Waals surface area contributed by atoms with E-state index < -0.39 is 0 Å². The Morgan fingerprint density at radius 1 is 1.25 bits per heavy atom. The maximum atomic E-state index is 12.2. The van der Waals surface area contributed by atoms with Gasteiger partial charge >= 0.3 is 6.03 Å². The highest BCUT2D eigenvalue weighted by Crippen LogP contribution is 2.26. The first-order valence-electron chi connectivity index (χ1n) is 5.92. The van der Waals surface area contributed by atoms with E-state index in [-0.39, 0.29) is 6.03 Å². The number of urea groups is 1. The molecule has 0 aliphatic carbocycles. The number of amides is 2. The number of fused-ring (bicyclic) bond motifs is 1. The Hall–Kier alpha value is -1.85. The quantitative estimate of drug-likeness (QED) is 0.879. The number of carbonyl (C=O) groups excluding carboxylic acids is 1. The third-order valence-corrected chi connectivity index (χ3v) is 3.78. The molecule has 0 bridgehead atoms. The normalized spacial score (nSPS) is 13.2. The maximum absolute atomic E-state index is 12.2. The molecule has 0 unspecified atom stereocenters. The molecule has 0 fully saturated rings. The number of rotatable bonds is 1. The van der Waals surface area contributed by atoms with Crippen LogP contribution in [0.3, 0.4) is 0 Å². The first kappa shape index (κ1) is 13.1. The molecule has 3 rings (SSSR count). The molecule has 1 N–H and O–H groups in total. The summed E-state index contributed by atoms with van der Waals surface area (Å²) in [6.45, 7) is 0.980. The molecule has 2 amide bonds. The predicted molar refractivity (Wildman–Crippen MR) is 76.8 cm³/mol. The van der Waals surface area contributed by atoms with Gasteiger partial charge in [-0.3, -0.25) is 0 Å². The number of anilines is 1. The van der Waals surface area contributed by atoms with Gasteiger partial charge in [-0.05, 0) is 18.2 Å². The molecular weight excluding hydrogens is 299 g/mol. The fraction of sp³-hybridized carbons (Fsp3) is 0.154. The number of aromatic nitrogens is 2. The van der Waals surface area contributed by atoms with E-state index in [0.717, 1.165) is 11.3 Å². The largest absolute Gasteiger partial charge is 0.322 e. The van der Waals surface area contributed by atoms with Crippen LogP contribution in [0.1, 0.15) is 11.3 Å². The molecule has 0 spiro atoms. The molecule has 0 saturated carbocycles. The Morgan fingerprint density at radius 2 is 2.10 bits per heavy atom. The summed E-state index contributed by atoms with van der Waals surface area (Å²) in [5.41, 5.74) is 2.45. The summed E-state index contributed by atoms with van der Waals surface area (Å²) in [6, 6.07) is 4.75. The molecule has 0 atom stereocenters. The van der Waals surface area contributed by atoms with Gasteiger partial charge in [-0.2, -0.15) is 0 Å². The lowest BCUT2D eigenvalue weighted by Crippen LogP contribution is -2.30. The van der Waals surface area contributed by atoms with Crippen LogP contribution >= 0.6 is 23.2 Å². The second-order valence-corrected chi connectivity index (χ2v) is 5.22. The molecule has 2 aromatic rings. The van der Waals surface area contributed by atoms with Gasteiger partial charge in [0, 0.05) is 17.4 Å². The molecule has 1 aromatic heterocycles. The lowest BCUT2D eigenvalue weighted by atomic mass is 10.3. The van der Waals surface area contributed by atoms with Crippen molar-refractivity contribution in [1.29, 1.82) is 0 Å². The van der Waals surface area contributed by atoms with Crippen LogP contribution in [0.15, 0.2) is 30.7 Å². The molecule has 0 saturated heterocycles. The van der Waals surface area contributed by atoms with Gasteiger partial charge in [-0.1, -0.05) is 23.2 Å². The van der Waals surface area contributed by atoms with E-state index in [2.05, 4.69) is 15.3 Å². The van der Waals surface area contributed by atoms with Gasteiger partial charge in [0.15, 0.2) is 0 Å². The van der Waals surface area contributed by atoms with Crippen molar-refractivity contribution >= 4 is 34.9 Å². The van der Waals surface area contributed by atoms with Gasteiger partial charge in [0.05, 0.1) is 28.8 Å².